The Bertz CT molecular complexity index is 709. The van der Waals surface area contributed by atoms with E-state index in [0.717, 1.165) is 0 Å². The lowest BCUT2D eigenvalue weighted by molar-refractivity contribution is 0.0849. The molecule has 1 atom stereocenters. The average Bonchev–Trinajstić information content (AvgIpc) is 2.49. The molecule has 0 radical (unpaired) electrons. The minimum absolute atomic E-state index is 0.0267. The van der Waals surface area contributed by atoms with E-state index in [4.69, 9.17) is 9.47 Å². The molecule has 0 bridgehead atoms. The first-order valence-electron chi connectivity index (χ1n) is 6.72. The molecule has 4 heteroatoms. The predicted molar refractivity (Wildman–Crippen MR) is 76.4 cm³/mol. The Morgan fingerprint density at radius 2 is 2.05 bits per heavy atom. The molecule has 0 aromatic heterocycles. The zero-order valence-electron chi connectivity index (χ0n) is 11.9. The first kappa shape index (κ1) is 13.6. The highest BCUT2D eigenvalue weighted by molar-refractivity contribution is 6.00. The number of hydrogen-bond acceptors (Lipinski definition) is 3. The number of carbonyl (C=O) groups is 1. The molecule has 108 valence electrons. The van der Waals surface area contributed by atoms with Gasteiger partial charge in [0, 0.05) is 0 Å². The van der Waals surface area contributed by atoms with Gasteiger partial charge in [0.2, 0.25) is 0 Å². The number of rotatable bonds is 2. The first-order valence-corrected chi connectivity index (χ1v) is 6.72. The van der Waals surface area contributed by atoms with E-state index < -0.39 is 6.10 Å². The Balaban J connectivity index is 1.94. The van der Waals surface area contributed by atoms with E-state index in [1.54, 1.807) is 44.4 Å². The topological polar surface area (TPSA) is 35.5 Å². The summed E-state index contributed by atoms with van der Waals surface area (Å²) in [6, 6.07) is 10.0. The summed E-state index contributed by atoms with van der Waals surface area (Å²) in [6.45, 7) is 1.70. The van der Waals surface area contributed by atoms with Crippen molar-refractivity contribution >= 4 is 5.78 Å². The van der Waals surface area contributed by atoms with Crippen LogP contribution in [0, 0.1) is 12.7 Å². The second-order valence-electron chi connectivity index (χ2n) is 5.10. The Labute approximate surface area is 122 Å². The van der Waals surface area contributed by atoms with Crippen LogP contribution in [-0.2, 0) is 0 Å². The van der Waals surface area contributed by atoms with Crippen LogP contribution < -0.4 is 9.47 Å². The van der Waals surface area contributed by atoms with Crippen LogP contribution in [0.15, 0.2) is 36.4 Å². The van der Waals surface area contributed by atoms with Crippen molar-refractivity contribution in [2.24, 2.45) is 0 Å². The molecule has 0 saturated carbocycles. The number of fused-ring (bicyclic) bond motifs is 1. The molecule has 0 amide bonds. The molecule has 0 N–H and O–H groups in total. The smallest absolute Gasteiger partial charge is 0.170 e. The lowest BCUT2D eigenvalue weighted by atomic mass is 9.95. The number of benzene rings is 2. The molecule has 1 heterocycles. The largest absolute Gasteiger partial charge is 0.497 e. The van der Waals surface area contributed by atoms with Crippen molar-refractivity contribution < 1.29 is 18.7 Å². The number of Topliss-reactive ketones (excluding diaryl/α,β-unsaturated/α-hetero) is 1. The molecule has 0 saturated heterocycles. The number of ether oxygens (including phenoxy) is 2. The summed E-state index contributed by atoms with van der Waals surface area (Å²) in [5.41, 5.74) is 1.76. The number of ketones is 1. The molecule has 1 aliphatic heterocycles. The van der Waals surface area contributed by atoms with Gasteiger partial charge in [0.15, 0.2) is 5.78 Å². The molecular weight excluding hydrogens is 271 g/mol. The van der Waals surface area contributed by atoms with Crippen LogP contribution >= 0.6 is 0 Å². The van der Waals surface area contributed by atoms with Gasteiger partial charge in [-0.2, -0.15) is 0 Å². The predicted octanol–water partition coefficient (Wildman–Crippen LogP) is 3.85. The summed E-state index contributed by atoms with van der Waals surface area (Å²) < 4.78 is 24.6. The van der Waals surface area contributed by atoms with Gasteiger partial charge in [0.1, 0.15) is 23.4 Å². The fraction of sp³-hybridized carbons (Fsp3) is 0.235. The number of carbonyl (C=O) groups excluding carboxylic acids is 1. The van der Waals surface area contributed by atoms with Crippen molar-refractivity contribution in [1.82, 2.24) is 0 Å². The second kappa shape index (κ2) is 5.20. The van der Waals surface area contributed by atoms with Crippen LogP contribution in [0.2, 0.25) is 0 Å². The van der Waals surface area contributed by atoms with Crippen LogP contribution in [-0.4, -0.2) is 12.9 Å². The summed E-state index contributed by atoms with van der Waals surface area (Å²) in [4.78, 5) is 12.3. The van der Waals surface area contributed by atoms with Crippen molar-refractivity contribution in [3.8, 4) is 11.5 Å². The molecule has 0 fully saturated rings. The van der Waals surface area contributed by atoms with Crippen LogP contribution in [0.3, 0.4) is 0 Å². The lowest BCUT2D eigenvalue weighted by Crippen LogP contribution is -2.20. The Morgan fingerprint density at radius 3 is 2.76 bits per heavy atom. The normalized spacial score (nSPS) is 17.1. The molecule has 2 aromatic carbocycles. The summed E-state index contributed by atoms with van der Waals surface area (Å²) >= 11 is 0. The number of aryl methyl sites for hydroxylation is 1. The van der Waals surface area contributed by atoms with Crippen LogP contribution in [0.25, 0.3) is 0 Å². The third-order valence-corrected chi connectivity index (χ3v) is 3.69. The van der Waals surface area contributed by atoms with Gasteiger partial charge in [-0.3, -0.25) is 4.79 Å². The van der Waals surface area contributed by atoms with E-state index >= 15 is 0 Å². The maximum atomic E-state index is 13.7. The van der Waals surface area contributed by atoms with E-state index in [9.17, 15) is 9.18 Å². The SMILES string of the molecule is COc1ccc2c(c1)C(=O)CC(c1ccc(C)c(F)c1)O2. The molecule has 2 aromatic rings. The minimum atomic E-state index is -0.450. The van der Waals surface area contributed by atoms with E-state index in [-0.39, 0.29) is 18.0 Å². The van der Waals surface area contributed by atoms with Gasteiger partial charge in [0.05, 0.1) is 19.1 Å². The summed E-state index contributed by atoms with van der Waals surface area (Å²) in [7, 11) is 1.55. The van der Waals surface area contributed by atoms with Gasteiger partial charge in [-0.25, -0.2) is 4.39 Å². The highest BCUT2D eigenvalue weighted by Gasteiger charge is 2.28. The molecule has 0 spiro atoms. The highest BCUT2D eigenvalue weighted by Crippen LogP contribution is 2.36. The third kappa shape index (κ3) is 2.49. The van der Waals surface area contributed by atoms with Crippen molar-refractivity contribution in [3.63, 3.8) is 0 Å². The third-order valence-electron chi connectivity index (χ3n) is 3.69. The van der Waals surface area contributed by atoms with Crippen LogP contribution in [0.5, 0.6) is 11.5 Å². The van der Waals surface area contributed by atoms with Gasteiger partial charge in [-0.15, -0.1) is 0 Å². The maximum absolute atomic E-state index is 13.7. The lowest BCUT2D eigenvalue weighted by Gasteiger charge is -2.26. The van der Waals surface area contributed by atoms with Crippen molar-refractivity contribution in [2.45, 2.75) is 19.4 Å². The summed E-state index contributed by atoms with van der Waals surface area (Å²) in [5.74, 6) is 0.814. The molecule has 3 rings (SSSR count). The van der Waals surface area contributed by atoms with Gasteiger partial charge < -0.3 is 9.47 Å². The zero-order valence-corrected chi connectivity index (χ0v) is 11.9. The first-order chi connectivity index (χ1) is 10.1. The highest BCUT2D eigenvalue weighted by atomic mass is 19.1. The Hall–Kier alpha value is -2.36. The molecule has 1 unspecified atom stereocenters. The molecule has 0 aliphatic carbocycles. The fourth-order valence-corrected chi connectivity index (χ4v) is 2.43. The van der Waals surface area contributed by atoms with Crippen molar-refractivity contribution in [2.75, 3.05) is 7.11 Å². The van der Waals surface area contributed by atoms with Gasteiger partial charge in [0.25, 0.3) is 0 Å². The van der Waals surface area contributed by atoms with Crippen molar-refractivity contribution in [3.05, 3.63) is 58.9 Å². The van der Waals surface area contributed by atoms with E-state index in [2.05, 4.69) is 0 Å². The number of methoxy groups -OCH3 is 1. The van der Waals surface area contributed by atoms with Gasteiger partial charge in [-0.1, -0.05) is 12.1 Å². The quantitative estimate of drug-likeness (QED) is 0.841. The van der Waals surface area contributed by atoms with E-state index in [1.165, 1.54) is 6.07 Å². The average molecular weight is 286 g/mol. The van der Waals surface area contributed by atoms with Crippen LogP contribution in [0.4, 0.5) is 4.39 Å². The minimum Gasteiger partial charge on any atom is -0.497 e. The molecular formula is C17H15FO3. The summed E-state index contributed by atoms with van der Waals surface area (Å²) in [6.07, 6.45) is -0.253. The zero-order chi connectivity index (χ0) is 15.0. The molecule has 3 nitrogen and oxygen atoms in total. The van der Waals surface area contributed by atoms with Crippen molar-refractivity contribution in [1.29, 1.82) is 0 Å². The maximum Gasteiger partial charge on any atom is 0.170 e. The van der Waals surface area contributed by atoms with Crippen LogP contribution in [0.1, 0.15) is 34.0 Å². The van der Waals surface area contributed by atoms with E-state index in [0.29, 0.717) is 28.2 Å². The van der Waals surface area contributed by atoms with Gasteiger partial charge >= 0.3 is 0 Å². The summed E-state index contributed by atoms with van der Waals surface area (Å²) in [5, 5.41) is 0. The fourth-order valence-electron chi connectivity index (χ4n) is 2.43. The Morgan fingerprint density at radius 1 is 1.24 bits per heavy atom. The molecule has 1 aliphatic rings. The van der Waals surface area contributed by atoms with E-state index in [1.807, 2.05) is 0 Å². The van der Waals surface area contributed by atoms with Gasteiger partial charge in [-0.05, 0) is 42.3 Å². The number of hydrogen-bond donors (Lipinski definition) is 0. The second-order valence-corrected chi connectivity index (χ2v) is 5.10. The number of halogens is 1. The standard InChI is InChI=1S/C17H15FO3/c1-10-3-4-11(7-14(10)18)17-9-15(19)13-8-12(20-2)5-6-16(13)21-17/h3-8,17H,9H2,1-2H3. The Kier molecular flexibility index (Phi) is 3.37. The molecule has 21 heavy (non-hydrogen) atoms. The monoisotopic (exact) mass is 286 g/mol.